The molecule has 3 aromatic carbocycles. The maximum Gasteiger partial charge on any atom is 0.138 e. The van der Waals surface area contributed by atoms with E-state index >= 15 is 0 Å². The SMILES string of the molecule is Cc1c(COc2ccc3nc(CN)c(NCc4cccc(C#N)c4)n3c2)cccc1-c1ccc(F)cc1. The monoisotopic (exact) mass is 491 g/mol. The standard InChI is InChI=1S/C30H26FN5O/c1-20-24(6-3-7-27(20)23-8-10-25(31)11-9-23)19-37-26-12-13-29-35-28(16-33)30(36(29)18-26)34-17-22-5-2-4-21(14-22)15-32/h2-14,18,34H,16-17,19,33H2,1H3. The van der Waals surface area contributed by atoms with Crippen molar-refractivity contribution in [3.05, 3.63) is 119 Å². The summed E-state index contributed by atoms with van der Waals surface area (Å²) < 4.78 is 21.5. The smallest absolute Gasteiger partial charge is 0.138 e. The Bertz CT molecular complexity index is 1600. The molecular weight excluding hydrogens is 465 g/mol. The molecule has 0 aliphatic heterocycles. The number of aromatic nitrogens is 2. The second-order valence-electron chi connectivity index (χ2n) is 8.76. The normalized spacial score (nSPS) is 10.9. The number of hydrogen-bond acceptors (Lipinski definition) is 5. The van der Waals surface area contributed by atoms with E-state index in [-0.39, 0.29) is 12.4 Å². The lowest BCUT2D eigenvalue weighted by atomic mass is 9.97. The maximum absolute atomic E-state index is 13.4. The number of fused-ring (bicyclic) bond motifs is 1. The first-order chi connectivity index (χ1) is 18.1. The minimum Gasteiger partial charge on any atom is -0.487 e. The van der Waals surface area contributed by atoms with Crippen molar-refractivity contribution in [1.29, 1.82) is 5.26 Å². The van der Waals surface area contributed by atoms with Crippen LogP contribution < -0.4 is 15.8 Å². The maximum atomic E-state index is 13.4. The summed E-state index contributed by atoms with van der Waals surface area (Å²) in [5.74, 6) is 1.23. The van der Waals surface area contributed by atoms with E-state index in [9.17, 15) is 9.65 Å². The highest BCUT2D eigenvalue weighted by Gasteiger charge is 2.13. The van der Waals surface area contributed by atoms with Crippen LogP contribution in [0.4, 0.5) is 10.2 Å². The fourth-order valence-corrected chi connectivity index (χ4v) is 4.37. The molecule has 7 heteroatoms. The number of anilines is 1. The van der Waals surface area contributed by atoms with E-state index in [1.165, 1.54) is 12.1 Å². The van der Waals surface area contributed by atoms with Gasteiger partial charge in [-0.05, 0) is 71.1 Å². The molecule has 0 aliphatic carbocycles. The molecule has 0 aliphatic rings. The van der Waals surface area contributed by atoms with Crippen LogP contribution in [0.15, 0.2) is 85.1 Å². The molecule has 6 nitrogen and oxygen atoms in total. The molecule has 2 heterocycles. The third-order valence-corrected chi connectivity index (χ3v) is 6.37. The Kier molecular flexibility index (Phi) is 6.84. The lowest BCUT2D eigenvalue weighted by Crippen LogP contribution is -2.07. The van der Waals surface area contributed by atoms with Gasteiger partial charge in [-0.2, -0.15) is 5.26 Å². The largest absolute Gasteiger partial charge is 0.487 e. The fraction of sp³-hybridized carbons (Fsp3) is 0.133. The van der Waals surface area contributed by atoms with E-state index in [0.717, 1.165) is 45.0 Å². The number of nitrogens with two attached hydrogens (primary N) is 1. The summed E-state index contributed by atoms with van der Waals surface area (Å²) in [4.78, 5) is 4.64. The summed E-state index contributed by atoms with van der Waals surface area (Å²) >= 11 is 0. The predicted octanol–water partition coefficient (Wildman–Crippen LogP) is 5.97. The first kappa shape index (κ1) is 24.0. The van der Waals surface area contributed by atoms with Gasteiger partial charge in [-0.15, -0.1) is 0 Å². The van der Waals surface area contributed by atoms with Gasteiger partial charge in [-0.3, -0.25) is 4.40 Å². The Hall–Kier alpha value is -4.67. The number of pyridine rings is 1. The summed E-state index contributed by atoms with van der Waals surface area (Å²) in [5, 5.41) is 12.6. The molecule has 0 atom stereocenters. The van der Waals surface area contributed by atoms with E-state index in [0.29, 0.717) is 24.5 Å². The number of benzene rings is 3. The highest BCUT2D eigenvalue weighted by atomic mass is 19.1. The molecule has 2 aromatic heterocycles. The molecule has 0 saturated heterocycles. The third kappa shape index (κ3) is 5.15. The Morgan fingerprint density at radius 2 is 1.86 bits per heavy atom. The topological polar surface area (TPSA) is 88.4 Å². The summed E-state index contributed by atoms with van der Waals surface area (Å²) in [7, 11) is 0. The summed E-state index contributed by atoms with van der Waals surface area (Å²) in [6, 6.07) is 26.0. The van der Waals surface area contributed by atoms with Crippen molar-refractivity contribution in [1.82, 2.24) is 9.38 Å². The van der Waals surface area contributed by atoms with Crippen LogP contribution in [0.1, 0.15) is 27.9 Å². The highest BCUT2D eigenvalue weighted by Crippen LogP contribution is 2.28. The summed E-state index contributed by atoms with van der Waals surface area (Å²) in [6.45, 7) is 3.24. The van der Waals surface area contributed by atoms with Crippen molar-refractivity contribution in [2.75, 3.05) is 5.32 Å². The number of nitrogens with one attached hydrogen (secondary N) is 1. The number of hydrogen-bond donors (Lipinski definition) is 2. The number of nitrogens with zero attached hydrogens (tertiary/aromatic N) is 3. The van der Waals surface area contributed by atoms with Gasteiger partial charge in [0.15, 0.2) is 0 Å². The Balaban J connectivity index is 1.37. The van der Waals surface area contributed by atoms with Gasteiger partial charge in [0.05, 0.1) is 23.5 Å². The van der Waals surface area contributed by atoms with E-state index in [1.54, 1.807) is 18.2 Å². The molecule has 5 aromatic rings. The van der Waals surface area contributed by atoms with E-state index in [1.807, 2.05) is 66.1 Å². The second kappa shape index (κ2) is 10.5. The van der Waals surface area contributed by atoms with Crippen molar-refractivity contribution >= 4 is 11.5 Å². The van der Waals surface area contributed by atoms with Gasteiger partial charge < -0.3 is 15.8 Å². The molecule has 0 amide bonds. The average molecular weight is 492 g/mol. The minimum absolute atomic E-state index is 0.252. The molecular formula is C30H26FN5O. The zero-order valence-corrected chi connectivity index (χ0v) is 20.4. The molecule has 0 unspecified atom stereocenters. The zero-order chi connectivity index (χ0) is 25.8. The molecule has 0 bridgehead atoms. The van der Waals surface area contributed by atoms with Gasteiger partial charge in [0, 0.05) is 13.1 Å². The van der Waals surface area contributed by atoms with Gasteiger partial charge in [0.1, 0.15) is 29.6 Å². The van der Waals surface area contributed by atoms with Crippen LogP contribution in [0.5, 0.6) is 5.75 Å². The van der Waals surface area contributed by atoms with Crippen LogP contribution in [0, 0.1) is 24.1 Å². The lowest BCUT2D eigenvalue weighted by Gasteiger charge is -2.14. The van der Waals surface area contributed by atoms with E-state index in [4.69, 9.17) is 10.5 Å². The number of imidazole rings is 1. The number of nitriles is 1. The van der Waals surface area contributed by atoms with Gasteiger partial charge in [-0.25, -0.2) is 9.37 Å². The molecule has 0 fully saturated rings. The quantitative estimate of drug-likeness (QED) is 0.279. The molecule has 5 rings (SSSR count). The van der Waals surface area contributed by atoms with Gasteiger partial charge in [0.2, 0.25) is 0 Å². The summed E-state index contributed by atoms with van der Waals surface area (Å²) in [6.07, 6.45) is 1.90. The van der Waals surface area contributed by atoms with Gasteiger partial charge >= 0.3 is 0 Å². The van der Waals surface area contributed by atoms with Crippen LogP contribution in [0.2, 0.25) is 0 Å². The molecule has 37 heavy (non-hydrogen) atoms. The van der Waals surface area contributed by atoms with E-state index < -0.39 is 0 Å². The van der Waals surface area contributed by atoms with Crippen molar-refractivity contribution in [3.63, 3.8) is 0 Å². The van der Waals surface area contributed by atoms with Crippen LogP contribution in [-0.2, 0) is 19.7 Å². The Morgan fingerprint density at radius 3 is 2.65 bits per heavy atom. The number of halogens is 1. The molecule has 0 radical (unpaired) electrons. The lowest BCUT2D eigenvalue weighted by molar-refractivity contribution is 0.304. The Morgan fingerprint density at radius 1 is 1.05 bits per heavy atom. The van der Waals surface area contributed by atoms with Crippen LogP contribution in [0.25, 0.3) is 16.8 Å². The zero-order valence-electron chi connectivity index (χ0n) is 20.4. The van der Waals surface area contributed by atoms with Gasteiger partial charge in [0.25, 0.3) is 0 Å². The van der Waals surface area contributed by atoms with Crippen molar-refractivity contribution < 1.29 is 9.13 Å². The average Bonchev–Trinajstić information content (AvgIpc) is 3.29. The molecule has 0 spiro atoms. The van der Waals surface area contributed by atoms with Crippen molar-refractivity contribution in [2.45, 2.75) is 26.6 Å². The number of ether oxygens (including phenoxy) is 1. The van der Waals surface area contributed by atoms with Crippen LogP contribution in [-0.4, -0.2) is 9.38 Å². The van der Waals surface area contributed by atoms with Crippen LogP contribution >= 0.6 is 0 Å². The van der Waals surface area contributed by atoms with Crippen molar-refractivity contribution in [2.24, 2.45) is 5.73 Å². The highest BCUT2D eigenvalue weighted by molar-refractivity contribution is 5.68. The van der Waals surface area contributed by atoms with Crippen molar-refractivity contribution in [3.8, 4) is 22.9 Å². The van der Waals surface area contributed by atoms with Crippen LogP contribution in [0.3, 0.4) is 0 Å². The number of rotatable bonds is 8. The molecule has 3 N–H and O–H groups in total. The predicted molar refractivity (Wildman–Crippen MR) is 142 cm³/mol. The first-order valence-electron chi connectivity index (χ1n) is 12.0. The second-order valence-corrected chi connectivity index (χ2v) is 8.76. The first-order valence-corrected chi connectivity index (χ1v) is 12.0. The summed E-state index contributed by atoms with van der Waals surface area (Å²) in [5.41, 5.74) is 13.2. The fourth-order valence-electron chi connectivity index (χ4n) is 4.37. The Labute approximate surface area is 214 Å². The van der Waals surface area contributed by atoms with Gasteiger partial charge in [-0.1, -0.05) is 42.5 Å². The van der Waals surface area contributed by atoms with E-state index in [2.05, 4.69) is 16.4 Å². The molecule has 184 valence electrons. The third-order valence-electron chi connectivity index (χ3n) is 6.37. The minimum atomic E-state index is -0.252. The molecule has 0 saturated carbocycles.